The van der Waals surface area contributed by atoms with E-state index in [-0.39, 0.29) is 5.78 Å². The highest BCUT2D eigenvalue weighted by molar-refractivity contribution is 5.98. The molecule has 2 heterocycles. The Kier molecular flexibility index (Phi) is 4.40. The third kappa shape index (κ3) is 3.06. The van der Waals surface area contributed by atoms with Crippen molar-refractivity contribution in [1.29, 1.82) is 0 Å². The van der Waals surface area contributed by atoms with Gasteiger partial charge in [0, 0.05) is 30.7 Å². The fourth-order valence-corrected chi connectivity index (χ4v) is 3.13. The van der Waals surface area contributed by atoms with Crippen molar-refractivity contribution in [2.24, 2.45) is 0 Å². The van der Waals surface area contributed by atoms with Crippen LogP contribution in [0.2, 0.25) is 0 Å². The minimum atomic E-state index is 0.237. The van der Waals surface area contributed by atoms with Crippen LogP contribution in [0.4, 0.5) is 0 Å². The molecule has 0 amide bonds. The summed E-state index contributed by atoms with van der Waals surface area (Å²) in [4.78, 5) is 12.5. The van der Waals surface area contributed by atoms with Crippen LogP contribution < -0.4 is 5.32 Å². The molecule has 0 aliphatic carbocycles. The lowest BCUT2D eigenvalue weighted by Crippen LogP contribution is -2.41. The molecule has 2 atom stereocenters. The van der Waals surface area contributed by atoms with E-state index in [9.17, 15) is 4.79 Å². The quantitative estimate of drug-likeness (QED) is 0.849. The van der Waals surface area contributed by atoms with Crippen LogP contribution in [-0.2, 0) is 6.54 Å². The van der Waals surface area contributed by atoms with E-state index >= 15 is 0 Å². The summed E-state index contributed by atoms with van der Waals surface area (Å²) < 4.78 is 1.92. The highest BCUT2D eigenvalue weighted by atomic mass is 16.1. The van der Waals surface area contributed by atoms with E-state index in [0.717, 1.165) is 29.9 Å². The Hall–Kier alpha value is -1.16. The molecule has 0 bridgehead atoms. The van der Waals surface area contributed by atoms with Crippen molar-refractivity contribution in [3.63, 3.8) is 0 Å². The number of carbonyl (C=O) groups is 1. The van der Waals surface area contributed by atoms with Gasteiger partial charge in [-0.05, 0) is 40.5 Å². The molecule has 0 aromatic carbocycles. The minimum Gasteiger partial charge on any atom is -0.311 e. The Labute approximate surface area is 115 Å². The molecule has 0 saturated carbocycles. The number of hydrogen-bond donors (Lipinski definition) is 1. The van der Waals surface area contributed by atoms with Crippen LogP contribution in [-0.4, -0.2) is 27.6 Å². The average Bonchev–Trinajstić information content (AvgIpc) is 2.64. The summed E-state index contributed by atoms with van der Waals surface area (Å²) in [6, 6.07) is 0.868. The monoisotopic (exact) mass is 263 g/mol. The molecule has 106 valence electrons. The van der Waals surface area contributed by atoms with Crippen molar-refractivity contribution in [3.05, 3.63) is 17.0 Å². The molecule has 1 aliphatic rings. The maximum absolute atomic E-state index is 12.5. The van der Waals surface area contributed by atoms with Gasteiger partial charge in [0.05, 0.1) is 11.3 Å². The minimum absolute atomic E-state index is 0.237. The second-order valence-electron chi connectivity index (χ2n) is 5.68. The fraction of sp³-hybridized carbons (Fsp3) is 0.733. The summed E-state index contributed by atoms with van der Waals surface area (Å²) in [7, 11) is 0. The number of Topliss-reactive ketones (excluding diaryl/α,β-unsaturated/α-hetero) is 1. The number of nitrogens with zero attached hydrogens (tertiary/aromatic N) is 2. The third-order valence-electron chi connectivity index (χ3n) is 4.10. The molecule has 2 unspecified atom stereocenters. The Morgan fingerprint density at radius 3 is 2.74 bits per heavy atom. The number of ketones is 1. The summed E-state index contributed by atoms with van der Waals surface area (Å²) in [5, 5.41) is 7.96. The predicted octanol–water partition coefficient (Wildman–Crippen LogP) is 2.62. The summed E-state index contributed by atoms with van der Waals surface area (Å²) in [6.45, 7) is 9.00. The van der Waals surface area contributed by atoms with Gasteiger partial charge in [0.15, 0.2) is 5.78 Å². The van der Waals surface area contributed by atoms with Gasteiger partial charge in [-0.3, -0.25) is 9.48 Å². The first-order chi connectivity index (χ1) is 9.02. The SMILES string of the molecule is CCn1nc(C)c(C(=O)CC2CCCC(C)N2)c1C. The zero-order valence-corrected chi connectivity index (χ0v) is 12.5. The van der Waals surface area contributed by atoms with Gasteiger partial charge in [-0.25, -0.2) is 0 Å². The Morgan fingerprint density at radius 1 is 1.42 bits per heavy atom. The number of rotatable bonds is 4. The van der Waals surface area contributed by atoms with Crippen LogP contribution in [0.1, 0.15) is 61.3 Å². The van der Waals surface area contributed by atoms with Crippen LogP contribution in [0.5, 0.6) is 0 Å². The molecular weight excluding hydrogens is 238 g/mol. The number of carbonyl (C=O) groups excluding carboxylic acids is 1. The van der Waals surface area contributed by atoms with Crippen molar-refractivity contribution in [1.82, 2.24) is 15.1 Å². The fourth-order valence-electron chi connectivity index (χ4n) is 3.13. The van der Waals surface area contributed by atoms with Crippen LogP contribution >= 0.6 is 0 Å². The van der Waals surface area contributed by atoms with Gasteiger partial charge in [0.2, 0.25) is 0 Å². The Morgan fingerprint density at radius 2 is 2.16 bits per heavy atom. The number of aromatic nitrogens is 2. The molecule has 1 aromatic rings. The average molecular weight is 263 g/mol. The van der Waals surface area contributed by atoms with Gasteiger partial charge in [-0.2, -0.15) is 5.10 Å². The molecule has 1 aromatic heterocycles. The van der Waals surface area contributed by atoms with Crippen LogP contribution in [0.25, 0.3) is 0 Å². The molecule has 2 rings (SSSR count). The van der Waals surface area contributed by atoms with Crippen molar-refractivity contribution >= 4 is 5.78 Å². The first-order valence-electron chi connectivity index (χ1n) is 7.36. The topological polar surface area (TPSA) is 46.9 Å². The van der Waals surface area contributed by atoms with Crippen LogP contribution in [0.15, 0.2) is 0 Å². The van der Waals surface area contributed by atoms with E-state index < -0.39 is 0 Å². The van der Waals surface area contributed by atoms with Crippen molar-refractivity contribution in [2.75, 3.05) is 0 Å². The predicted molar refractivity (Wildman–Crippen MR) is 76.6 cm³/mol. The molecule has 1 aliphatic heterocycles. The molecule has 4 nitrogen and oxygen atoms in total. The smallest absolute Gasteiger partial charge is 0.168 e. The van der Waals surface area contributed by atoms with Gasteiger partial charge < -0.3 is 5.32 Å². The maximum atomic E-state index is 12.5. The summed E-state index contributed by atoms with van der Waals surface area (Å²) >= 11 is 0. The van der Waals surface area contributed by atoms with Gasteiger partial charge in [0.1, 0.15) is 0 Å². The maximum Gasteiger partial charge on any atom is 0.168 e. The number of nitrogens with one attached hydrogen (secondary N) is 1. The zero-order chi connectivity index (χ0) is 14.0. The van der Waals surface area contributed by atoms with Gasteiger partial charge >= 0.3 is 0 Å². The lowest BCUT2D eigenvalue weighted by atomic mass is 9.93. The van der Waals surface area contributed by atoms with Crippen molar-refractivity contribution in [3.8, 4) is 0 Å². The summed E-state index contributed by atoms with van der Waals surface area (Å²) in [5.74, 6) is 0.237. The van der Waals surface area contributed by atoms with E-state index in [1.54, 1.807) is 0 Å². The second kappa shape index (κ2) is 5.87. The molecule has 1 fully saturated rings. The van der Waals surface area contributed by atoms with Crippen LogP contribution in [0, 0.1) is 13.8 Å². The van der Waals surface area contributed by atoms with E-state index in [2.05, 4.69) is 24.3 Å². The second-order valence-corrected chi connectivity index (χ2v) is 5.68. The standard InChI is InChI=1S/C15H25N3O/c1-5-18-12(4)15(11(3)17-18)14(19)9-13-8-6-7-10(2)16-13/h10,13,16H,5-9H2,1-4H3. The first-order valence-corrected chi connectivity index (χ1v) is 7.36. The van der Waals surface area contributed by atoms with E-state index in [1.165, 1.54) is 12.8 Å². The Bertz CT molecular complexity index is 464. The first kappa shape index (κ1) is 14.3. The normalized spacial score (nSPS) is 23.6. The third-order valence-corrected chi connectivity index (χ3v) is 4.10. The highest BCUT2D eigenvalue weighted by Gasteiger charge is 2.24. The molecular formula is C15H25N3O. The highest BCUT2D eigenvalue weighted by Crippen LogP contribution is 2.20. The summed E-state index contributed by atoms with van der Waals surface area (Å²) in [5.41, 5.74) is 2.71. The molecule has 19 heavy (non-hydrogen) atoms. The lowest BCUT2D eigenvalue weighted by Gasteiger charge is -2.28. The Balaban J connectivity index is 2.09. The van der Waals surface area contributed by atoms with E-state index in [4.69, 9.17) is 0 Å². The number of hydrogen-bond acceptors (Lipinski definition) is 3. The van der Waals surface area contributed by atoms with Gasteiger partial charge in [-0.1, -0.05) is 6.42 Å². The molecule has 4 heteroatoms. The van der Waals surface area contributed by atoms with Crippen molar-refractivity contribution < 1.29 is 4.79 Å². The lowest BCUT2D eigenvalue weighted by molar-refractivity contribution is 0.0958. The molecule has 0 spiro atoms. The molecule has 1 N–H and O–H groups in total. The number of aryl methyl sites for hydroxylation is 2. The van der Waals surface area contributed by atoms with Gasteiger partial charge in [0.25, 0.3) is 0 Å². The largest absolute Gasteiger partial charge is 0.311 e. The van der Waals surface area contributed by atoms with E-state index in [1.807, 2.05) is 18.5 Å². The van der Waals surface area contributed by atoms with Gasteiger partial charge in [-0.15, -0.1) is 0 Å². The zero-order valence-electron chi connectivity index (χ0n) is 12.5. The molecule has 1 saturated heterocycles. The van der Waals surface area contributed by atoms with Crippen LogP contribution in [0.3, 0.4) is 0 Å². The summed E-state index contributed by atoms with van der Waals surface area (Å²) in [6.07, 6.45) is 4.15. The number of piperidine rings is 1. The molecule has 0 radical (unpaired) electrons. The van der Waals surface area contributed by atoms with E-state index in [0.29, 0.717) is 18.5 Å². The van der Waals surface area contributed by atoms with Crippen molar-refractivity contribution in [2.45, 2.75) is 72.0 Å².